The number of sulfonamides is 1. The molecule has 0 saturated heterocycles. The van der Waals surface area contributed by atoms with Crippen LogP contribution in [-0.2, 0) is 16.4 Å². The number of fused-ring (bicyclic) bond motifs is 1. The summed E-state index contributed by atoms with van der Waals surface area (Å²) in [5.41, 5.74) is 2.43. The van der Waals surface area contributed by atoms with Crippen molar-refractivity contribution in [2.75, 3.05) is 13.2 Å². The van der Waals surface area contributed by atoms with Gasteiger partial charge >= 0.3 is 0 Å². The summed E-state index contributed by atoms with van der Waals surface area (Å²) >= 11 is 0. The second-order valence-corrected chi connectivity index (χ2v) is 7.62. The first-order valence-electron chi connectivity index (χ1n) is 7.78. The molecule has 124 valence electrons. The summed E-state index contributed by atoms with van der Waals surface area (Å²) in [5, 5.41) is 18.4. The third-order valence-corrected chi connectivity index (χ3v) is 6.24. The number of aliphatic hydroxyl groups excluding tert-OH is 1. The van der Waals surface area contributed by atoms with Gasteiger partial charge in [0, 0.05) is 6.54 Å². The predicted octanol–water partition coefficient (Wildman–Crippen LogP) is 2.23. The molecule has 0 saturated carbocycles. The van der Waals surface area contributed by atoms with Gasteiger partial charge in [0.2, 0.25) is 10.0 Å². The summed E-state index contributed by atoms with van der Waals surface area (Å²) in [6.07, 6.45) is 1.51. The van der Waals surface area contributed by atoms with Crippen LogP contribution in [0.5, 0.6) is 0 Å². The fourth-order valence-corrected chi connectivity index (χ4v) is 4.91. The average molecular weight is 342 g/mol. The highest BCUT2D eigenvalue weighted by molar-refractivity contribution is 7.89. The highest BCUT2D eigenvalue weighted by Crippen LogP contribution is 2.38. The van der Waals surface area contributed by atoms with Crippen molar-refractivity contribution in [3.63, 3.8) is 0 Å². The van der Waals surface area contributed by atoms with Crippen molar-refractivity contribution in [1.29, 1.82) is 5.26 Å². The van der Waals surface area contributed by atoms with Crippen LogP contribution in [0, 0.1) is 11.3 Å². The van der Waals surface area contributed by atoms with E-state index in [9.17, 15) is 13.5 Å². The van der Waals surface area contributed by atoms with Gasteiger partial charge in [-0.05, 0) is 42.2 Å². The highest BCUT2D eigenvalue weighted by atomic mass is 32.2. The number of hydrogen-bond donors (Lipinski definition) is 1. The molecule has 1 unspecified atom stereocenters. The zero-order chi connectivity index (χ0) is 17.2. The highest BCUT2D eigenvalue weighted by Gasteiger charge is 2.35. The number of aliphatic hydroxyl groups is 1. The molecule has 0 aliphatic heterocycles. The van der Waals surface area contributed by atoms with E-state index in [1.165, 1.54) is 16.4 Å². The Morgan fingerprint density at radius 1 is 1.21 bits per heavy atom. The summed E-state index contributed by atoms with van der Waals surface area (Å²) in [6.45, 7) is -0.228. The first-order chi connectivity index (χ1) is 11.6. The second kappa shape index (κ2) is 6.73. The molecule has 1 atom stereocenters. The Hall–Kier alpha value is -2.20. The minimum absolute atomic E-state index is 0.0259. The SMILES string of the molecule is N#Cc1cccc(S(=O)(=O)N(CCO)C2CCc3ccccc32)c1. The maximum Gasteiger partial charge on any atom is 0.243 e. The van der Waals surface area contributed by atoms with Crippen LogP contribution in [0.1, 0.15) is 29.2 Å². The molecule has 0 spiro atoms. The molecule has 0 fully saturated rings. The van der Waals surface area contributed by atoms with Crippen molar-refractivity contribution in [2.45, 2.75) is 23.8 Å². The molecule has 0 amide bonds. The first kappa shape index (κ1) is 16.7. The molecule has 0 radical (unpaired) electrons. The number of hydrogen-bond acceptors (Lipinski definition) is 4. The molecule has 5 nitrogen and oxygen atoms in total. The minimum atomic E-state index is -3.80. The van der Waals surface area contributed by atoms with Crippen LogP contribution in [0.4, 0.5) is 0 Å². The zero-order valence-corrected chi connectivity index (χ0v) is 13.9. The Morgan fingerprint density at radius 3 is 2.75 bits per heavy atom. The Balaban J connectivity index is 2.04. The number of nitriles is 1. The number of nitrogens with zero attached hydrogens (tertiary/aromatic N) is 2. The van der Waals surface area contributed by atoms with E-state index in [1.807, 2.05) is 30.3 Å². The lowest BCUT2D eigenvalue weighted by atomic mass is 10.1. The zero-order valence-electron chi connectivity index (χ0n) is 13.1. The van der Waals surface area contributed by atoms with E-state index in [1.54, 1.807) is 12.1 Å². The molecule has 24 heavy (non-hydrogen) atoms. The van der Waals surface area contributed by atoms with Crippen LogP contribution in [0.15, 0.2) is 53.4 Å². The van der Waals surface area contributed by atoms with Crippen molar-refractivity contribution >= 4 is 10.0 Å². The fraction of sp³-hybridized carbons (Fsp3) is 0.278. The van der Waals surface area contributed by atoms with Crippen LogP contribution in [0.25, 0.3) is 0 Å². The van der Waals surface area contributed by atoms with Crippen LogP contribution < -0.4 is 0 Å². The molecule has 6 heteroatoms. The monoisotopic (exact) mass is 342 g/mol. The topological polar surface area (TPSA) is 81.4 Å². The maximum absolute atomic E-state index is 13.1. The van der Waals surface area contributed by atoms with E-state index in [4.69, 9.17) is 5.26 Å². The van der Waals surface area contributed by atoms with E-state index in [0.29, 0.717) is 12.0 Å². The van der Waals surface area contributed by atoms with Crippen molar-refractivity contribution in [1.82, 2.24) is 4.31 Å². The van der Waals surface area contributed by atoms with E-state index in [0.717, 1.165) is 17.5 Å². The van der Waals surface area contributed by atoms with Gasteiger partial charge in [-0.1, -0.05) is 30.3 Å². The molecular weight excluding hydrogens is 324 g/mol. The quantitative estimate of drug-likeness (QED) is 0.903. The largest absolute Gasteiger partial charge is 0.395 e. The van der Waals surface area contributed by atoms with Crippen molar-refractivity contribution in [3.8, 4) is 6.07 Å². The molecule has 0 heterocycles. The summed E-state index contributed by atoms with van der Waals surface area (Å²) in [6, 6.07) is 15.5. The van der Waals surface area contributed by atoms with Gasteiger partial charge in [0.1, 0.15) is 0 Å². The lowest BCUT2D eigenvalue weighted by Crippen LogP contribution is -2.36. The van der Waals surface area contributed by atoms with Gasteiger partial charge in [-0.2, -0.15) is 9.57 Å². The lowest BCUT2D eigenvalue weighted by Gasteiger charge is -2.28. The van der Waals surface area contributed by atoms with E-state index in [-0.39, 0.29) is 24.1 Å². The van der Waals surface area contributed by atoms with Gasteiger partial charge in [0.15, 0.2) is 0 Å². The predicted molar refractivity (Wildman–Crippen MR) is 89.6 cm³/mol. The fourth-order valence-electron chi connectivity index (χ4n) is 3.24. The Bertz CT molecular complexity index is 887. The molecule has 3 rings (SSSR count). The molecule has 1 N–H and O–H groups in total. The third kappa shape index (κ3) is 2.94. The van der Waals surface area contributed by atoms with Gasteiger partial charge in [-0.15, -0.1) is 0 Å². The minimum Gasteiger partial charge on any atom is -0.395 e. The molecule has 1 aliphatic carbocycles. The summed E-state index contributed by atoms with van der Waals surface area (Å²) in [7, 11) is -3.80. The summed E-state index contributed by atoms with van der Waals surface area (Å²) in [5.74, 6) is 0. The number of aryl methyl sites for hydroxylation is 1. The van der Waals surface area contributed by atoms with E-state index >= 15 is 0 Å². The van der Waals surface area contributed by atoms with Gasteiger partial charge in [0.05, 0.1) is 29.2 Å². The van der Waals surface area contributed by atoms with Crippen molar-refractivity contribution in [2.24, 2.45) is 0 Å². The molecule has 2 aromatic carbocycles. The van der Waals surface area contributed by atoms with Gasteiger partial charge in [0.25, 0.3) is 0 Å². The van der Waals surface area contributed by atoms with Gasteiger partial charge < -0.3 is 5.11 Å². The van der Waals surface area contributed by atoms with Gasteiger partial charge in [-0.3, -0.25) is 0 Å². The number of benzene rings is 2. The van der Waals surface area contributed by atoms with Gasteiger partial charge in [-0.25, -0.2) is 8.42 Å². The molecule has 0 aromatic heterocycles. The first-order valence-corrected chi connectivity index (χ1v) is 9.22. The standard InChI is InChI=1S/C18H18N2O3S/c19-13-14-4-3-6-16(12-14)24(22,23)20(10-11-21)18-9-8-15-5-1-2-7-17(15)18/h1-7,12,18,21H,8-11H2. The normalized spacial score (nSPS) is 16.8. The summed E-state index contributed by atoms with van der Waals surface area (Å²) in [4.78, 5) is 0.0828. The van der Waals surface area contributed by atoms with Crippen molar-refractivity contribution < 1.29 is 13.5 Å². The van der Waals surface area contributed by atoms with E-state index in [2.05, 4.69) is 0 Å². The average Bonchev–Trinajstić information content (AvgIpc) is 3.03. The van der Waals surface area contributed by atoms with Crippen LogP contribution in [-0.4, -0.2) is 31.0 Å². The van der Waals surface area contributed by atoms with Crippen LogP contribution in [0.3, 0.4) is 0 Å². The third-order valence-electron chi connectivity index (χ3n) is 4.34. The van der Waals surface area contributed by atoms with Crippen LogP contribution in [0.2, 0.25) is 0 Å². The van der Waals surface area contributed by atoms with E-state index < -0.39 is 10.0 Å². The molecular formula is C18H18N2O3S. The molecule has 1 aliphatic rings. The Morgan fingerprint density at radius 2 is 2.00 bits per heavy atom. The molecule has 2 aromatic rings. The smallest absolute Gasteiger partial charge is 0.243 e. The van der Waals surface area contributed by atoms with Crippen molar-refractivity contribution in [3.05, 3.63) is 65.2 Å². The number of rotatable bonds is 5. The van der Waals surface area contributed by atoms with Crippen LogP contribution >= 0.6 is 0 Å². The lowest BCUT2D eigenvalue weighted by molar-refractivity contribution is 0.225. The molecule has 0 bridgehead atoms. The maximum atomic E-state index is 13.1. The Labute approximate surface area is 141 Å². The summed E-state index contributed by atoms with van der Waals surface area (Å²) < 4.78 is 27.5. The second-order valence-electron chi connectivity index (χ2n) is 5.73. The Kier molecular flexibility index (Phi) is 4.67.